The number of hydrogen-bond donors (Lipinski definition) is 3. The molecule has 206 valence electrons. The van der Waals surface area contributed by atoms with E-state index in [0.717, 1.165) is 28.9 Å². The smallest absolute Gasteiger partial charge is 0.390 e. The van der Waals surface area contributed by atoms with Gasteiger partial charge < -0.3 is 15.7 Å². The van der Waals surface area contributed by atoms with Crippen LogP contribution in [0.5, 0.6) is 0 Å². The van der Waals surface area contributed by atoms with E-state index < -0.39 is 47.2 Å². The normalized spacial score (nSPS) is 16.6. The molecule has 0 radical (unpaired) electrons. The minimum atomic E-state index is -4.56. The van der Waals surface area contributed by atoms with Crippen molar-refractivity contribution < 1.29 is 37.1 Å². The van der Waals surface area contributed by atoms with Gasteiger partial charge in [0.05, 0.1) is 23.9 Å². The second-order valence-electron chi connectivity index (χ2n) is 9.33. The predicted molar refractivity (Wildman–Crippen MR) is 132 cm³/mol. The van der Waals surface area contributed by atoms with Crippen LogP contribution in [0.15, 0.2) is 54.7 Å². The van der Waals surface area contributed by atoms with Crippen molar-refractivity contribution >= 4 is 23.2 Å². The number of fused-ring (bicyclic) bond motifs is 2. The molecule has 0 saturated carbocycles. The van der Waals surface area contributed by atoms with Gasteiger partial charge in [-0.25, -0.2) is 13.9 Å². The molecule has 13 heteroatoms. The molecule has 4 aromatic rings. The maximum absolute atomic E-state index is 14.4. The number of hydrogen-bond acceptors (Lipinski definition) is 6. The highest BCUT2D eigenvalue weighted by Crippen LogP contribution is 2.33. The van der Waals surface area contributed by atoms with Gasteiger partial charge in [0.15, 0.2) is 17.2 Å². The number of Topliss-reactive ketones (excluding diaryl/α,β-unsaturated/α-hetero) is 1. The van der Waals surface area contributed by atoms with E-state index >= 15 is 0 Å². The SMILES string of the molecule is CC(=O)c1ccc2c(c1)C[C@H](O)[C@@H]2NC(=O)c1cc(C(=O)NCc2cccc(C(F)(F)F)c2)nc2c(F)cnn12. The third-order valence-corrected chi connectivity index (χ3v) is 6.59. The minimum absolute atomic E-state index is 0.150. The molecule has 3 N–H and O–H groups in total. The Labute approximate surface area is 223 Å². The summed E-state index contributed by atoms with van der Waals surface area (Å²) in [6.45, 7) is 1.13. The number of nitrogens with one attached hydrogen (secondary N) is 2. The number of halogens is 4. The Morgan fingerprint density at radius 2 is 1.88 bits per heavy atom. The van der Waals surface area contributed by atoms with Gasteiger partial charge in [0.1, 0.15) is 11.4 Å². The number of aliphatic hydroxyl groups is 1. The summed E-state index contributed by atoms with van der Waals surface area (Å²) in [4.78, 5) is 41.8. The topological polar surface area (TPSA) is 126 Å². The van der Waals surface area contributed by atoms with E-state index in [2.05, 4.69) is 20.7 Å². The van der Waals surface area contributed by atoms with Gasteiger partial charge in [0.2, 0.25) is 0 Å². The number of aliphatic hydroxyl groups excluding tert-OH is 1. The lowest BCUT2D eigenvalue weighted by atomic mass is 10.0. The zero-order chi connectivity index (χ0) is 28.8. The number of carbonyl (C=O) groups is 3. The van der Waals surface area contributed by atoms with Crippen LogP contribution in [0.4, 0.5) is 17.6 Å². The summed E-state index contributed by atoms with van der Waals surface area (Å²) in [6, 6.07) is 9.46. The fourth-order valence-corrected chi connectivity index (χ4v) is 4.59. The Hall–Kier alpha value is -4.65. The first kappa shape index (κ1) is 26.9. The van der Waals surface area contributed by atoms with Crippen molar-refractivity contribution in [2.45, 2.75) is 38.2 Å². The number of alkyl halides is 3. The third-order valence-electron chi connectivity index (χ3n) is 6.59. The van der Waals surface area contributed by atoms with E-state index in [-0.39, 0.29) is 35.7 Å². The Balaban J connectivity index is 1.40. The average molecular weight is 555 g/mol. The zero-order valence-corrected chi connectivity index (χ0v) is 20.8. The molecule has 0 fully saturated rings. The molecule has 2 atom stereocenters. The summed E-state index contributed by atoms with van der Waals surface area (Å²) < 4.78 is 54.3. The van der Waals surface area contributed by atoms with E-state index in [4.69, 9.17) is 0 Å². The number of carbonyl (C=O) groups excluding carboxylic acids is 3. The molecule has 1 aliphatic carbocycles. The van der Waals surface area contributed by atoms with E-state index in [9.17, 15) is 37.1 Å². The molecular formula is C27H21F4N5O4. The van der Waals surface area contributed by atoms with Gasteiger partial charge >= 0.3 is 6.18 Å². The van der Waals surface area contributed by atoms with Gasteiger partial charge in [0, 0.05) is 24.6 Å². The molecule has 40 heavy (non-hydrogen) atoms. The molecule has 0 saturated heterocycles. The number of rotatable bonds is 6. The van der Waals surface area contributed by atoms with E-state index in [1.54, 1.807) is 18.2 Å². The highest BCUT2D eigenvalue weighted by molar-refractivity contribution is 5.98. The van der Waals surface area contributed by atoms with Crippen molar-refractivity contribution in [1.82, 2.24) is 25.2 Å². The van der Waals surface area contributed by atoms with Crippen LogP contribution in [0.25, 0.3) is 5.65 Å². The summed E-state index contributed by atoms with van der Waals surface area (Å²) >= 11 is 0. The molecule has 5 rings (SSSR count). The third kappa shape index (κ3) is 5.15. The summed E-state index contributed by atoms with van der Waals surface area (Å²) in [6.07, 6.45) is -4.57. The summed E-state index contributed by atoms with van der Waals surface area (Å²) in [5.41, 5.74) is -0.0302. The Kier molecular flexibility index (Phi) is 6.84. The van der Waals surface area contributed by atoms with Gasteiger partial charge in [-0.15, -0.1) is 0 Å². The lowest BCUT2D eigenvalue weighted by Crippen LogP contribution is -2.35. The Bertz CT molecular complexity index is 1670. The highest BCUT2D eigenvalue weighted by atomic mass is 19.4. The maximum Gasteiger partial charge on any atom is 0.416 e. The molecule has 9 nitrogen and oxygen atoms in total. The van der Waals surface area contributed by atoms with Crippen LogP contribution in [0.1, 0.15) is 66.6 Å². The van der Waals surface area contributed by atoms with Crippen LogP contribution < -0.4 is 10.6 Å². The maximum atomic E-state index is 14.4. The van der Waals surface area contributed by atoms with E-state index in [1.165, 1.54) is 19.1 Å². The van der Waals surface area contributed by atoms with Gasteiger partial charge in [-0.3, -0.25) is 14.4 Å². The number of benzene rings is 2. The molecule has 2 amide bonds. The van der Waals surface area contributed by atoms with Gasteiger partial charge in [0.25, 0.3) is 11.8 Å². The molecular weight excluding hydrogens is 534 g/mol. The first-order valence-electron chi connectivity index (χ1n) is 12.0. The van der Waals surface area contributed by atoms with E-state index in [1.807, 2.05) is 0 Å². The second-order valence-corrected chi connectivity index (χ2v) is 9.33. The van der Waals surface area contributed by atoms with Crippen molar-refractivity contribution in [2.75, 3.05) is 0 Å². The number of aromatic nitrogens is 3. The molecule has 0 aliphatic heterocycles. The lowest BCUT2D eigenvalue weighted by Gasteiger charge is -2.18. The standard InChI is InChI=1S/C27H21F4N5O4/c1-13(37)15-5-6-18-16(8-15)9-22(38)23(18)35-26(40)21-10-20(34-24-19(28)12-33-36(21)24)25(39)32-11-14-3-2-4-17(7-14)27(29,30)31/h2-8,10,12,22-23,38H,9,11H2,1H3,(H,32,39)(H,35,40)/t22-,23+/m0/s1. The Morgan fingerprint density at radius 1 is 1.10 bits per heavy atom. The van der Waals surface area contributed by atoms with Crippen LogP contribution in [-0.2, 0) is 19.1 Å². The summed E-state index contributed by atoms with van der Waals surface area (Å²) in [5.74, 6) is -2.72. The highest BCUT2D eigenvalue weighted by Gasteiger charge is 2.34. The quantitative estimate of drug-likeness (QED) is 0.247. The van der Waals surface area contributed by atoms with Crippen molar-refractivity contribution in [3.63, 3.8) is 0 Å². The van der Waals surface area contributed by atoms with Gasteiger partial charge in [-0.05, 0) is 41.8 Å². The molecule has 0 unspecified atom stereocenters. The first-order chi connectivity index (χ1) is 18.9. The van der Waals surface area contributed by atoms with Crippen LogP contribution in [0.2, 0.25) is 0 Å². The molecule has 0 bridgehead atoms. The van der Waals surface area contributed by atoms with Crippen molar-refractivity contribution in [1.29, 1.82) is 0 Å². The van der Waals surface area contributed by atoms with Gasteiger partial charge in [-0.2, -0.15) is 18.3 Å². The van der Waals surface area contributed by atoms with Crippen LogP contribution >= 0.6 is 0 Å². The molecule has 2 aromatic heterocycles. The van der Waals surface area contributed by atoms with Crippen molar-refractivity contribution in [3.8, 4) is 0 Å². The molecule has 0 spiro atoms. The minimum Gasteiger partial charge on any atom is -0.390 e. The van der Waals surface area contributed by atoms with Crippen LogP contribution in [0.3, 0.4) is 0 Å². The van der Waals surface area contributed by atoms with Crippen molar-refractivity contribution in [2.24, 2.45) is 0 Å². The Morgan fingerprint density at radius 3 is 2.60 bits per heavy atom. The number of amides is 2. The summed E-state index contributed by atoms with van der Waals surface area (Å²) in [5, 5.41) is 19.5. The average Bonchev–Trinajstić information content (AvgIpc) is 3.44. The fourth-order valence-electron chi connectivity index (χ4n) is 4.59. The van der Waals surface area contributed by atoms with Crippen LogP contribution in [0, 0.1) is 5.82 Å². The molecule has 1 aliphatic rings. The zero-order valence-electron chi connectivity index (χ0n) is 20.8. The van der Waals surface area contributed by atoms with Crippen LogP contribution in [-0.4, -0.2) is 43.4 Å². The largest absolute Gasteiger partial charge is 0.416 e. The first-order valence-corrected chi connectivity index (χ1v) is 12.0. The molecule has 2 aromatic carbocycles. The lowest BCUT2D eigenvalue weighted by molar-refractivity contribution is -0.137. The predicted octanol–water partition coefficient (Wildman–Crippen LogP) is 3.41. The second kappa shape index (κ2) is 10.2. The summed E-state index contributed by atoms with van der Waals surface area (Å²) in [7, 11) is 0. The number of nitrogens with zero attached hydrogens (tertiary/aromatic N) is 3. The number of ketones is 1. The monoisotopic (exact) mass is 555 g/mol. The van der Waals surface area contributed by atoms with Gasteiger partial charge in [-0.1, -0.05) is 24.3 Å². The van der Waals surface area contributed by atoms with E-state index in [0.29, 0.717) is 16.7 Å². The molecule has 2 heterocycles. The fraction of sp³-hybridized carbons (Fsp3) is 0.222. The van der Waals surface area contributed by atoms with Crippen molar-refractivity contribution in [3.05, 3.63) is 99.8 Å².